The molecule has 0 aromatic carbocycles. The Hall–Kier alpha value is -1.02. The molecule has 10 heavy (non-hydrogen) atoms. The largest absolute Gasteiger partial charge is 0.197 e. The number of hydrogen-bond acceptors (Lipinski definition) is 2. The molecular weight excluding hydrogens is 124 g/mol. The van der Waals surface area contributed by atoms with Gasteiger partial charge in [0, 0.05) is 0 Å². The lowest BCUT2D eigenvalue weighted by molar-refractivity contribution is 0.499. The summed E-state index contributed by atoms with van der Waals surface area (Å²) in [6, 6.07) is 4.00. The van der Waals surface area contributed by atoms with E-state index >= 15 is 0 Å². The molecule has 0 heterocycles. The molecule has 0 aromatic heterocycles. The molecule has 0 aromatic rings. The number of nitriles is 2. The third-order valence-electron chi connectivity index (χ3n) is 1.52. The molecule has 0 rings (SSSR count). The van der Waals surface area contributed by atoms with Gasteiger partial charge in [0.2, 0.25) is 0 Å². The molecule has 0 aliphatic rings. The highest BCUT2D eigenvalue weighted by atomic mass is 14.4. The number of rotatable bonds is 3. The smallest absolute Gasteiger partial charge is 0.141 e. The van der Waals surface area contributed by atoms with Crippen LogP contribution in [0.4, 0.5) is 0 Å². The second kappa shape index (κ2) is 3.90. The van der Waals surface area contributed by atoms with Crippen LogP contribution in [0.15, 0.2) is 0 Å². The van der Waals surface area contributed by atoms with Gasteiger partial charge < -0.3 is 0 Å². The molecule has 0 amide bonds. The van der Waals surface area contributed by atoms with Crippen molar-refractivity contribution in [1.29, 1.82) is 10.5 Å². The molecular formula is C8H12N2. The van der Waals surface area contributed by atoms with Crippen LogP contribution in [0.5, 0.6) is 0 Å². The quantitative estimate of drug-likeness (QED) is 0.597. The van der Waals surface area contributed by atoms with Crippen molar-refractivity contribution in [1.82, 2.24) is 0 Å². The summed E-state index contributed by atoms with van der Waals surface area (Å²) in [4.78, 5) is 0. The predicted octanol–water partition coefficient (Wildman–Crippen LogP) is 2.23. The monoisotopic (exact) mass is 136 g/mol. The molecule has 0 atom stereocenters. The Morgan fingerprint density at radius 3 is 2.10 bits per heavy atom. The van der Waals surface area contributed by atoms with Crippen LogP contribution in [0, 0.1) is 28.1 Å². The number of hydrogen-bond donors (Lipinski definition) is 0. The van der Waals surface area contributed by atoms with Gasteiger partial charge in [0.25, 0.3) is 0 Å². The standard InChI is InChI=1S/C8H12N2/c1-3-4-5-8(2,6-9)7-10/h3-5H2,1-2H3. The van der Waals surface area contributed by atoms with E-state index < -0.39 is 5.41 Å². The molecule has 0 bridgehead atoms. The normalized spacial score (nSPS) is 10.0. The molecule has 0 fully saturated rings. The highest BCUT2D eigenvalue weighted by Gasteiger charge is 2.21. The Morgan fingerprint density at radius 2 is 1.80 bits per heavy atom. The fraction of sp³-hybridized carbons (Fsp3) is 0.750. The second-order valence-corrected chi connectivity index (χ2v) is 2.66. The Balaban J connectivity index is 3.88. The van der Waals surface area contributed by atoms with E-state index in [4.69, 9.17) is 10.5 Å². The fourth-order valence-corrected chi connectivity index (χ4v) is 0.667. The first kappa shape index (κ1) is 8.98. The topological polar surface area (TPSA) is 47.6 Å². The summed E-state index contributed by atoms with van der Waals surface area (Å²) in [6.45, 7) is 3.73. The van der Waals surface area contributed by atoms with Gasteiger partial charge >= 0.3 is 0 Å². The summed E-state index contributed by atoms with van der Waals surface area (Å²) in [5, 5.41) is 17.1. The minimum Gasteiger partial charge on any atom is -0.197 e. The minimum atomic E-state index is -0.754. The molecule has 2 heteroatoms. The summed E-state index contributed by atoms with van der Waals surface area (Å²) in [7, 11) is 0. The van der Waals surface area contributed by atoms with Gasteiger partial charge in [-0.25, -0.2) is 0 Å². The van der Waals surface area contributed by atoms with Crippen molar-refractivity contribution in [3.63, 3.8) is 0 Å². The van der Waals surface area contributed by atoms with Crippen molar-refractivity contribution in [3.05, 3.63) is 0 Å². The fourth-order valence-electron chi connectivity index (χ4n) is 0.667. The molecule has 0 aliphatic carbocycles. The first-order valence-electron chi connectivity index (χ1n) is 3.51. The Bertz CT molecular complexity index is 157. The van der Waals surface area contributed by atoms with E-state index in [0.717, 1.165) is 12.8 Å². The molecule has 0 unspecified atom stereocenters. The van der Waals surface area contributed by atoms with Gasteiger partial charge in [-0.05, 0) is 13.3 Å². The molecule has 0 saturated carbocycles. The molecule has 0 radical (unpaired) electrons. The van der Waals surface area contributed by atoms with E-state index in [9.17, 15) is 0 Å². The minimum absolute atomic E-state index is 0.691. The maximum Gasteiger partial charge on any atom is 0.141 e. The first-order chi connectivity index (χ1) is 4.68. The van der Waals surface area contributed by atoms with Gasteiger partial charge in [0.05, 0.1) is 12.1 Å². The Morgan fingerprint density at radius 1 is 1.30 bits per heavy atom. The van der Waals surface area contributed by atoms with Crippen LogP contribution in [-0.2, 0) is 0 Å². The zero-order valence-corrected chi connectivity index (χ0v) is 6.52. The SMILES string of the molecule is CCCCC(C)(C#N)C#N. The summed E-state index contributed by atoms with van der Waals surface area (Å²) < 4.78 is 0. The van der Waals surface area contributed by atoms with Crippen LogP contribution in [-0.4, -0.2) is 0 Å². The zero-order chi connectivity index (χ0) is 8.04. The maximum atomic E-state index is 8.54. The molecule has 0 spiro atoms. The molecule has 2 nitrogen and oxygen atoms in total. The molecule has 0 saturated heterocycles. The van der Waals surface area contributed by atoms with E-state index in [1.54, 1.807) is 6.92 Å². The van der Waals surface area contributed by atoms with Gasteiger partial charge in [-0.3, -0.25) is 0 Å². The Kier molecular flexibility index (Phi) is 3.51. The highest BCUT2D eigenvalue weighted by molar-refractivity contribution is 5.10. The summed E-state index contributed by atoms with van der Waals surface area (Å²) in [5.74, 6) is 0. The van der Waals surface area contributed by atoms with Gasteiger partial charge in [-0.1, -0.05) is 19.8 Å². The van der Waals surface area contributed by atoms with Gasteiger partial charge in [0.1, 0.15) is 5.41 Å². The van der Waals surface area contributed by atoms with Crippen LogP contribution in [0.25, 0.3) is 0 Å². The van der Waals surface area contributed by atoms with E-state index in [-0.39, 0.29) is 0 Å². The average Bonchev–Trinajstić information content (AvgIpc) is 2.00. The lowest BCUT2D eigenvalue weighted by Gasteiger charge is -2.09. The maximum absolute atomic E-state index is 8.54. The second-order valence-electron chi connectivity index (χ2n) is 2.66. The van der Waals surface area contributed by atoms with Gasteiger partial charge in [-0.2, -0.15) is 10.5 Å². The van der Waals surface area contributed by atoms with Crippen LogP contribution in [0.1, 0.15) is 33.1 Å². The van der Waals surface area contributed by atoms with Crippen molar-refractivity contribution in [2.24, 2.45) is 5.41 Å². The van der Waals surface area contributed by atoms with E-state index in [2.05, 4.69) is 6.92 Å². The van der Waals surface area contributed by atoms with E-state index in [0.29, 0.717) is 6.42 Å². The summed E-state index contributed by atoms with van der Waals surface area (Å²) in [6.07, 6.45) is 2.69. The molecule has 54 valence electrons. The highest BCUT2D eigenvalue weighted by Crippen LogP contribution is 2.21. The van der Waals surface area contributed by atoms with Crippen LogP contribution >= 0.6 is 0 Å². The van der Waals surface area contributed by atoms with Crippen LogP contribution in [0.3, 0.4) is 0 Å². The number of nitrogens with zero attached hydrogens (tertiary/aromatic N) is 2. The third-order valence-corrected chi connectivity index (χ3v) is 1.52. The van der Waals surface area contributed by atoms with Crippen molar-refractivity contribution >= 4 is 0 Å². The van der Waals surface area contributed by atoms with Crippen molar-refractivity contribution < 1.29 is 0 Å². The third kappa shape index (κ3) is 2.51. The average molecular weight is 136 g/mol. The van der Waals surface area contributed by atoms with E-state index in [1.807, 2.05) is 12.1 Å². The lowest BCUT2D eigenvalue weighted by Crippen LogP contribution is -2.09. The van der Waals surface area contributed by atoms with Gasteiger partial charge in [-0.15, -0.1) is 0 Å². The van der Waals surface area contributed by atoms with Crippen molar-refractivity contribution in [2.75, 3.05) is 0 Å². The van der Waals surface area contributed by atoms with Gasteiger partial charge in [0.15, 0.2) is 0 Å². The van der Waals surface area contributed by atoms with Crippen molar-refractivity contribution in [2.45, 2.75) is 33.1 Å². The Labute approximate surface area is 62.1 Å². The molecule has 0 aliphatic heterocycles. The van der Waals surface area contributed by atoms with E-state index in [1.165, 1.54) is 0 Å². The summed E-state index contributed by atoms with van der Waals surface area (Å²) >= 11 is 0. The zero-order valence-electron chi connectivity index (χ0n) is 6.52. The van der Waals surface area contributed by atoms with Crippen molar-refractivity contribution in [3.8, 4) is 12.1 Å². The summed E-state index contributed by atoms with van der Waals surface area (Å²) in [5.41, 5.74) is -0.754. The first-order valence-corrected chi connectivity index (χ1v) is 3.51. The van der Waals surface area contributed by atoms with Crippen LogP contribution in [0.2, 0.25) is 0 Å². The lowest BCUT2D eigenvalue weighted by atomic mass is 9.89. The predicted molar refractivity (Wildman–Crippen MR) is 38.9 cm³/mol. The van der Waals surface area contributed by atoms with Crippen LogP contribution < -0.4 is 0 Å². The number of unbranched alkanes of at least 4 members (excludes halogenated alkanes) is 1. The molecule has 0 N–H and O–H groups in total.